The van der Waals surface area contributed by atoms with E-state index in [4.69, 9.17) is 0 Å². The first kappa shape index (κ1) is 14.1. The molecule has 0 N–H and O–H groups in total. The Kier molecular flexibility index (Phi) is 3.09. The van der Waals surface area contributed by atoms with Crippen LogP contribution in [0, 0.1) is 6.92 Å². The number of nitrogens with zero attached hydrogens (tertiary/aromatic N) is 3. The van der Waals surface area contributed by atoms with Gasteiger partial charge in [-0.1, -0.05) is 18.2 Å². The first-order valence-corrected chi connectivity index (χ1v) is 8.33. The minimum absolute atomic E-state index is 0.0311. The van der Waals surface area contributed by atoms with E-state index in [1.165, 1.54) is 21.9 Å². The highest BCUT2D eigenvalue weighted by Gasteiger charge is 2.32. The summed E-state index contributed by atoms with van der Waals surface area (Å²) >= 11 is 1.40. The summed E-state index contributed by atoms with van der Waals surface area (Å²) < 4.78 is 1.50. The van der Waals surface area contributed by atoms with Gasteiger partial charge in [-0.25, -0.2) is 4.98 Å². The summed E-state index contributed by atoms with van der Waals surface area (Å²) in [5, 5.41) is 1.87. The van der Waals surface area contributed by atoms with Crippen LogP contribution in [0.15, 0.2) is 40.6 Å². The third kappa shape index (κ3) is 2.02. The Morgan fingerprint density at radius 1 is 1.35 bits per heavy atom. The predicted octanol–water partition coefficient (Wildman–Crippen LogP) is 2.66. The standard InChI is InChI=1S/C17H15N3O2S/c1-10-7-12-5-3-4-6-14(12)19(10)15(21)13-8-18-17-20(16(13)22)11(2)9-23-17/h3-6,8-10H,7H2,1-2H3/t10-/m1/s1. The maximum Gasteiger partial charge on any atom is 0.271 e. The number of hydrogen-bond acceptors (Lipinski definition) is 4. The second-order valence-electron chi connectivity index (χ2n) is 5.83. The molecule has 1 amide bonds. The minimum atomic E-state index is -0.296. The molecular formula is C17H15N3O2S. The molecule has 0 bridgehead atoms. The highest BCUT2D eigenvalue weighted by Crippen LogP contribution is 2.32. The normalized spacial score (nSPS) is 16.8. The molecule has 2 aromatic heterocycles. The summed E-state index contributed by atoms with van der Waals surface area (Å²) in [6.07, 6.45) is 2.21. The van der Waals surface area contributed by atoms with E-state index in [1.807, 2.05) is 43.5 Å². The Bertz CT molecular complexity index is 989. The number of aryl methyl sites for hydroxylation is 1. The summed E-state index contributed by atoms with van der Waals surface area (Å²) in [4.78, 5) is 32.3. The van der Waals surface area contributed by atoms with E-state index in [-0.39, 0.29) is 23.1 Å². The third-order valence-electron chi connectivity index (χ3n) is 4.27. The number of hydrogen-bond donors (Lipinski definition) is 0. The zero-order valence-corrected chi connectivity index (χ0v) is 13.6. The van der Waals surface area contributed by atoms with E-state index in [1.54, 1.807) is 4.90 Å². The number of thiazole rings is 1. The van der Waals surface area contributed by atoms with Gasteiger partial charge in [-0.05, 0) is 31.9 Å². The van der Waals surface area contributed by atoms with Crippen LogP contribution < -0.4 is 10.5 Å². The van der Waals surface area contributed by atoms with E-state index in [0.717, 1.165) is 23.4 Å². The molecule has 0 radical (unpaired) electrons. The molecule has 6 heteroatoms. The van der Waals surface area contributed by atoms with Crippen LogP contribution in [0.5, 0.6) is 0 Å². The molecule has 0 spiro atoms. The van der Waals surface area contributed by atoms with Crippen molar-refractivity contribution in [3.63, 3.8) is 0 Å². The van der Waals surface area contributed by atoms with Gasteiger partial charge in [0.2, 0.25) is 0 Å². The molecule has 3 aromatic rings. The summed E-state index contributed by atoms with van der Waals surface area (Å²) in [6, 6.07) is 7.86. The molecule has 1 aromatic carbocycles. The van der Waals surface area contributed by atoms with Gasteiger partial charge >= 0.3 is 0 Å². The molecule has 5 nitrogen and oxygen atoms in total. The Labute approximate surface area is 136 Å². The second-order valence-corrected chi connectivity index (χ2v) is 6.67. The smallest absolute Gasteiger partial charge is 0.271 e. The van der Waals surface area contributed by atoms with Gasteiger partial charge < -0.3 is 4.90 Å². The summed E-state index contributed by atoms with van der Waals surface area (Å²) in [6.45, 7) is 3.84. The monoisotopic (exact) mass is 325 g/mol. The van der Waals surface area contributed by atoms with Gasteiger partial charge in [0.15, 0.2) is 4.96 Å². The molecule has 1 aliphatic heterocycles. The SMILES string of the molecule is Cc1csc2ncc(C(=O)N3c4ccccc4C[C@H]3C)c(=O)n12. The van der Waals surface area contributed by atoms with Crippen LogP contribution in [0.4, 0.5) is 5.69 Å². The fourth-order valence-corrected chi connectivity index (χ4v) is 4.00. The van der Waals surface area contributed by atoms with Crippen molar-refractivity contribution in [2.75, 3.05) is 4.90 Å². The van der Waals surface area contributed by atoms with Crippen molar-refractivity contribution in [1.82, 2.24) is 9.38 Å². The van der Waals surface area contributed by atoms with Gasteiger partial charge in [0.25, 0.3) is 11.5 Å². The Morgan fingerprint density at radius 2 is 2.13 bits per heavy atom. The van der Waals surface area contributed by atoms with Crippen LogP contribution in [0.3, 0.4) is 0 Å². The number of carbonyl (C=O) groups is 1. The summed E-state index contributed by atoms with van der Waals surface area (Å²) in [5.74, 6) is -0.278. The number of rotatable bonds is 1. The predicted molar refractivity (Wildman–Crippen MR) is 90.5 cm³/mol. The van der Waals surface area contributed by atoms with Gasteiger partial charge in [0.1, 0.15) is 5.56 Å². The van der Waals surface area contributed by atoms with E-state index in [0.29, 0.717) is 4.96 Å². The molecule has 116 valence electrons. The molecule has 0 aliphatic carbocycles. The lowest BCUT2D eigenvalue weighted by molar-refractivity contribution is 0.0979. The van der Waals surface area contributed by atoms with E-state index in [9.17, 15) is 9.59 Å². The molecule has 1 aliphatic rings. The van der Waals surface area contributed by atoms with Crippen LogP contribution in [0.1, 0.15) is 28.5 Å². The lowest BCUT2D eigenvalue weighted by Crippen LogP contribution is -2.39. The average molecular weight is 325 g/mol. The van der Waals surface area contributed by atoms with Crippen LogP contribution in [-0.4, -0.2) is 21.3 Å². The van der Waals surface area contributed by atoms with E-state index in [2.05, 4.69) is 4.98 Å². The van der Waals surface area contributed by atoms with Crippen molar-refractivity contribution in [2.24, 2.45) is 0 Å². The Hall–Kier alpha value is -2.47. The van der Waals surface area contributed by atoms with Gasteiger partial charge in [-0.2, -0.15) is 0 Å². The van der Waals surface area contributed by atoms with Crippen molar-refractivity contribution in [3.8, 4) is 0 Å². The van der Waals surface area contributed by atoms with Crippen LogP contribution >= 0.6 is 11.3 Å². The van der Waals surface area contributed by atoms with Gasteiger partial charge in [-0.15, -0.1) is 11.3 Å². The molecule has 3 heterocycles. The first-order valence-electron chi connectivity index (χ1n) is 7.45. The van der Waals surface area contributed by atoms with Gasteiger partial charge in [-0.3, -0.25) is 14.0 Å². The number of amides is 1. The summed E-state index contributed by atoms with van der Waals surface area (Å²) in [7, 11) is 0. The lowest BCUT2D eigenvalue weighted by atomic mass is 10.1. The van der Waals surface area contributed by atoms with Crippen molar-refractivity contribution >= 4 is 27.9 Å². The van der Waals surface area contributed by atoms with Crippen LogP contribution in [0.25, 0.3) is 4.96 Å². The van der Waals surface area contributed by atoms with Gasteiger partial charge in [0.05, 0.1) is 0 Å². The number of carbonyl (C=O) groups excluding carboxylic acids is 1. The second kappa shape index (κ2) is 5.03. The molecular weight excluding hydrogens is 310 g/mol. The lowest BCUT2D eigenvalue weighted by Gasteiger charge is -2.22. The maximum absolute atomic E-state index is 13.0. The van der Waals surface area contributed by atoms with Crippen molar-refractivity contribution in [3.05, 3.63) is 63.0 Å². The molecule has 1 atom stereocenters. The maximum atomic E-state index is 13.0. The zero-order chi connectivity index (χ0) is 16.1. The highest BCUT2D eigenvalue weighted by atomic mass is 32.1. The molecule has 4 rings (SSSR count). The van der Waals surface area contributed by atoms with Gasteiger partial charge in [0, 0.05) is 29.0 Å². The largest absolute Gasteiger partial charge is 0.305 e. The Balaban J connectivity index is 1.86. The van der Waals surface area contributed by atoms with Crippen molar-refractivity contribution in [1.29, 1.82) is 0 Å². The quantitative estimate of drug-likeness (QED) is 0.691. The minimum Gasteiger partial charge on any atom is -0.305 e. The molecule has 0 fully saturated rings. The number of para-hydroxylation sites is 1. The number of anilines is 1. The molecule has 0 saturated heterocycles. The van der Waals surface area contributed by atoms with Crippen LogP contribution in [-0.2, 0) is 6.42 Å². The highest BCUT2D eigenvalue weighted by molar-refractivity contribution is 7.15. The van der Waals surface area contributed by atoms with Crippen LogP contribution in [0.2, 0.25) is 0 Å². The fraction of sp³-hybridized carbons (Fsp3) is 0.235. The third-order valence-corrected chi connectivity index (χ3v) is 5.23. The van der Waals surface area contributed by atoms with E-state index >= 15 is 0 Å². The summed E-state index contributed by atoms with van der Waals surface area (Å²) in [5.41, 5.74) is 2.64. The van der Waals surface area contributed by atoms with Crippen molar-refractivity contribution in [2.45, 2.75) is 26.3 Å². The van der Waals surface area contributed by atoms with E-state index < -0.39 is 0 Å². The number of fused-ring (bicyclic) bond motifs is 2. The fourth-order valence-electron chi connectivity index (χ4n) is 3.18. The zero-order valence-electron chi connectivity index (χ0n) is 12.8. The Morgan fingerprint density at radius 3 is 2.96 bits per heavy atom. The average Bonchev–Trinajstić information content (AvgIpc) is 3.07. The first-order chi connectivity index (χ1) is 11.1. The number of benzene rings is 1. The molecule has 0 saturated carbocycles. The number of aromatic nitrogens is 2. The van der Waals surface area contributed by atoms with Crippen molar-refractivity contribution < 1.29 is 4.79 Å². The molecule has 0 unspecified atom stereocenters. The topological polar surface area (TPSA) is 54.7 Å². The molecule has 23 heavy (non-hydrogen) atoms.